The van der Waals surface area contributed by atoms with E-state index in [9.17, 15) is 15.0 Å². The number of likely N-dealkylation sites (tertiary alicyclic amines) is 1. The summed E-state index contributed by atoms with van der Waals surface area (Å²) in [5, 5.41) is 19.8. The van der Waals surface area contributed by atoms with Crippen molar-refractivity contribution in [3.8, 4) is 11.5 Å². The van der Waals surface area contributed by atoms with E-state index in [4.69, 9.17) is 11.6 Å². The van der Waals surface area contributed by atoms with Gasteiger partial charge >= 0.3 is 0 Å². The molecular weight excluding hydrogens is 302 g/mol. The van der Waals surface area contributed by atoms with Gasteiger partial charge in [0.1, 0.15) is 11.5 Å². The fraction of sp³-hybridized carbons (Fsp3) is 0.235. The minimum absolute atomic E-state index is 0.0627. The van der Waals surface area contributed by atoms with Gasteiger partial charge in [-0.05, 0) is 36.2 Å². The molecule has 1 fully saturated rings. The van der Waals surface area contributed by atoms with Crippen molar-refractivity contribution in [3.63, 3.8) is 0 Å². The highest BCUT2D eigenvalue weighted by Gasteiger charge is 2.29. The number of carbonyl (C=O) groups excluding carboxylic acids is 1. The van der Waals surface area contributed by atoms with Crippen LogP contribution < -0.4 is 0 Å². The number of carbonyl (C=O) groups is 1. The summed E-state index contributed by atoms with van der Waals surface area (Å²) in [7, 11) is 0. The third kappa shape index (κ3) is 2.88. The van der Waals surface area contributed by atoms with E-state index in [1.54, 1.807) is 4.90 Å². The van der Waals surface area contributed by atoms with Gasteiger partial charge in [-0.2, -0.15) is 0 Å². The van der Waals surface area contributed by atoms with Crippen LogP contribution in [-0.2, 0) is 0 Å². The first-order valence-electron chi connectivity index (χ1n) is 7.11. The van der Waals surface area contributed by atoms with Gasteiger partial charge < -0.3 is 15.1 Å². The van der Waals surface area contributed by atoms with Crippen LogP contribution in [0.3, 0.4) is 0 Å². The summed E-state index contributed by atoms with van der Waals surface area (Å²) in [5.41, 5.74) is 1.34. The Morgan fingerprint density at radius 1 is 1.18 bits per heavy atom. The Labute approximate surface area is 133 Å². The monoisotopic (exact) mass is 317 g/mol. The Morgan fingerprint density at radius 2 is 2.00 bits per heavy atom. The maximum absolute atomic E-state index is 12.5. The summed E-state index contributed by atoms with van der Waals surface area (Å²) >= 11 is 6.02. The molecule has 0 aromatic heterocycles. The van der Waals surface area contributed by atoms with Crippen molar-refractivity contribution in [1.82, 2.24) is 4.90 Å². The predicted octanol–water partition coefficient (Wildman–Crippen LogP) is 3.38. The largest absolute Gasteiger partial charge is 0.508 e. The van der Waals surface area contributed by atoms with Crippen molar-refractivity contribution in [2.45, 2.75) is 12.3 Å². The molecule has 1 unspecified atom stereocenters. The van der Waals surface area contributed by atoms with E-state index in [2.05, 4.69) is 0 Å². The van der Waals surface area contributed by atoms with Crippen LogP contribution in [0.25, 0.3) is 0 Å². The number of benzene rings is 2. The molecule has 1 aliphatic rings. The fourth-order valence-electron chi connectivity index (χ4n) is 2.85. The number of hydrogen-bond donors (Lipinski definition) is 2. The van der Waals surface area contributed by atoms with E-state index in [0.717, 1.165) is 12.0 Å². The van der Waals surface area contributed by atoms with E-state index >= 15 is 0 Å². The first-order valence-corrected chi connectivity index (χ1v) is 7.49. The van der Waals surface area contributed by atoms with Crippen molar-refractivity contribution >= 4 is 17.5 Å². The number of aromatic hydroxyl groups is 2. The van der Waals surface area contributed by atoms with Crippen LogP contribution >= 0.6 is 11.6 Å². The summed E-state index contributed by atoms with van der Waals surface area (Å²) in [5.74, 6) is -0.229. The highest BCUT2D eigenvalue weighted by molar-refractivity contribution is 6.30. The van der Waals surface area contributed by atoms with Crippen molar-refractivity contribution in [3.05, 3.63) is 58.6 Å². The molecule has 2 N–H and O–H groups in total. The van der Waals surface area contributed by atoms with E-state index < -0.39 is 0 Å². The first kappa shape index (κ1) is 14.7. The average molecular weight is 318 g/mol. The molecule has 114 valence electrons. The van der Waals surface area contributed by atoms with Crippen molar-refractivity contribution in [1.29, 1.82) is 0 Å². The molecule has 0 spiro atoms. The maximum Gasteiger partial charge on any atom is 0.257 e. The zero-order chi connectivity index (χ0) is 15.7. The third-order valence-corrected chi connectivity index (χ3v) is 4.24. The topological polar surface area (TPSA) is 60.8 Å². The molecule has 22 heavy (non-hydrogen) atoms. The number of phenolic OH excluding ortho intramolecular Hbond substituents is 2. The van der Waals surface area contributed by atoms with Gasteiger partial charge in [0.25, 0.3) is 5.91 Å². The lowest BCUT2D eigenvalue weighted by Crippen LogP contribution is -2.28. The minimum atomic E-state index is -0.220. The maximum atomic E-state index is 12.5. The smallest absolute Gasteiger partial charge is 0.257 e. The molecule has 0 saturated carbocycles. The molecular formula is C17H16ClNO3. The van der Waals surface area contributed by atoms with Crippen molar-refractivity contribution in [2.75, 3.05) is 13.1 Å². The normalized spacial score (nSPS) is 17.7. The Hall–Kier alpha value is -2.20. The molecule has 4 nitrogen and oxygen atoms in total. The summed E-state index contributed by atoms with van der Waals surface area (Å²) < 4.78 is 0. The molecule has 2 aromatic rings. The lowest BCUT2D eigenvalue weighted by atomic mass is 9.99. The zero-order valence-electron chi connectivity index (χ0n) is 11.9. The SMILES string of the molecule is O=C(c1ccc(O)cc1O)N1CCC(c2cccc(Cl)c2)C1. The highest BCUT2D eigenvalue weighted by Crippen LogP contribution is 2.31. The number of rotatable bonds is 2. The Kier molecular flexibility index (Phi) is 3.94. The van der Waals surface area contributed by atoms with E-state index in [1.807, 2.05) is 24.3 Å². The van der Waals surface area contributed by atoms with E-state index in [0.29, 0.717) is 18.1 Å². The van der Waals surface area contributed by atoms with Crippen LogP contribution in [-0.4, -0.2) is 34.1 Å². The van der Waals surface area contributed by atoms with Gasteiger partial charge in [-0.15, -0.1) is 0 Å². The van der Waals surface area contributed by atoms with Crippen LogP contribution in [0.4, 0.5) is 0 Å². The zero-order valence-corrected chi connectivity index (χ0v) is 12.6. The number of phenols is 2. The molecule has 3 rings (SSSR count). The molecule has 0 aliphatic carbocycles. The van der Waals surface area contributed by atoms with Crippen LogP contribution in [0, 0.1) is 0 Å². The fourth-order valence-corrected chi connectivity index (χ4v) is 3.05. The number of hydrogen-bond acceptors (Lipinski definition) is 3. The third-order valence-electron chi connectivity index (χ3n) is 4.01. The van der Waals surface area contributed by atoms with Crippen LogP contribution in [0.1, 0.15) is 28.3 Å². The second-order valence-electron chi connectivity index (χ2n) is 5.49. The molecule has 1 heterocycles. The number of halogens is 1. The summed E-state index contributed by atoms with van der Waals surface area (Å²) in [6.45, 7) is 1.23. The minimum Gasteiger partial charge on any atom is -0.508 e. The number of amides is 1. The van der Waals surface area contributed by atoms with Gasteiger partial charge in [0.2, 0.25) is 0 Å². The van der Waals surface area contributed by atoms with Gasteiger partial charge in [0, 0.05) is 30.1 Å². The highest BCUT2D eigenvalue weighted by atomic mass is 35.5. The Balaban J connectivity index is 1.76. The summed E-state index contributed by atoms with van der Waals surface area (Å²) in [4.78, 5) is 14.2. The lowest BCUT2D eigenvalue weighted by Gasteiger charge is -2.17. The molecule has 1 aliphatic heterocycles. The second kappa shape index (κ2) is 5.89. The van der Waals surface area contributed by atoms with Gasteiger partial charge in [0.15, 0.2) is 0 Å². The molecule has 5 heteroatoms. The molecule has 1 amide bonds. The summed E-state index contributed by atoms with van der Waals surface area (Å²) in [6, 6.07) is 11.7. The number of nitrogens with zero attached hydrogens (tertiary/aromatic N) is 1. The van der Waals surface area contributed by atoms with Crippen LogP contribution in [0.15, 0.2) is 42.5 Å². The summed E-state index contributed by atoms with van der Waals surface area (Å²) in [6.07, 6.45) is 0.866. The molecule has 0 bridgehead atoms. The molecule has 1 atom stereocenters. The van der Waals surface area contributed by atoms with Crippen LogP contribution in [0.5, 0.6) is 11.5 Å². The Morgan fingerprint density at radius 3 is 2.73 bits per heavy atom. The lowest BCUT2D eigenvalue weighted by molar-refractivity contribution is 0.0788. The molecule has 0 radical (unpaired) electrons. The second-order valence-corrected chi connectivity index (χ2v) is 5.93. The van der Waals surface area contributed by atoms with Gasteiger partial charge in [-0.25, -0.2) is 0 Å². The Bertz CT molecular complexity index is 717. The predicted molar refractivity (Wildman–Crippen MR) is 84.5 cm³/mol. The van der Waals surface area contributed by atoms with Gasteiger partial charge in [-0.3, -0.25) is 4.79 Å². The quantitative estimate of drug-likeness (QED) is 0.892. The molecule has 1 saturated heterocycles. The van der Waals surface area contributed by atoms with Crippen LogP contribution in [0.2, 0.25) is 5.02 Å². The molecule has 2 aromatic carbocycles. The van der Waals surface area contributed by atoms with Gasteiger partial charge in [-0.1, -0.05) is 23.7 Å². The average Bonchev–Trinajstić information content (AvgIpc) is 2.96. The first-order chi connectivity index (χ1) is 10.5. The van der Waals surface area contributed by atoms with E-state index in [-0.39, 0.29) is 28.9 Å². The van der Waals surface area contributed by atoms with Gasteiger partial charge in [0.05, 0.1) is 5.56 Å². The van der Waals surface area contributed by atoms with E-state index in [1.165, 1.54) is 18.2 Å². The standard InChI is InChI=1S/C17H16ClNO3/c18-13-3-1-2-11(8-13)12-6-7-19(10-12)17(22)15-5-4-14(20)9-16(15)21/h1-5,8-9,12,20-21H,6-7,10H2. The van der Waals surface area contributed by atoms with Crippen molar-refractivity contribution in [2.24, 2.45) is 0 Å². The van der Waals surface area contributed by atoms with Crippen molar-refractivity contribution < 1.29 is 15.0 Å².